The molecule has 0 spiro atoms. The van der Waals surface area contributed by atoms with E-state index < -0.39 is 0 Å². The number of carbonyl (C=O) groups is 1. The molecule has 2 heterocycles. The van der Waals surface area contributed by atoms with E-state index in [0.29, 0.717) is 5.92 Å². The number of fused-ring (bicyclic) bond motifs is 1. The molecule has 0 saturated carbocycles. The molecule has 4 heteroatoms. The first-order valence-electron chi connectivity index (χ1n) is 6.85. The summed E-state index contributed by atoms with van der Waals surface area (Å²) in [6.07, 6.45) is 4.23. The van der Waals surface area contributed by atoms with E-state index in [1.807, 2.05) is 35.4 Å². The van der Waals surface area contributed by atoms with Gasteiger partial charge < -0.3 is 15.2 Å². The minimum atomic E-state index is 0.0152. The zero-order valence-corrected chi connectivity index (χ0v) is 11.1. The monoisotopic (exact) mass is 257 g/mol. The number of hydrogen-bond donors (Lipinski definition) is 2. The number of aromatic nitrogens is 1. The van der Waals surface area contributed by atoms with Crippen LogP contribution in [0.5, 0.6) is 0 Å². The van der Waals surface area contributed by atoms with Crippen molar-refractivity contribution in [3.8, 4) is 0 Å². The molecule has 1 aromatic heterocycles. The molecule has 1 aromatic carbocycles. The molecule has 0 bridgehead atoms. The number of rotatable bonds is 1. The maximum absolute atomic E-state index is 12.2. The van der Waals surface area contributed by atoms with Crippen molar-refractivity contribution in [3.05, 3.63) is 30.5 Å². The molecule has 2 aromatic rings. The summed E-state index contributed by atoms with van der Waals surface area (Å²) in [5.41, 5.74) is 1.94. The summed E-state index contributed by atoms with van der Waals surface area (Å²) in [4.78, 5) is 17.3. The van der Waals surface area contributed by atoms with Crippen LogP contribution in [0.2, 0.25) is 0 Å². The third-order valence-electron chi connectivity index (χ3n) is 3.75. The van der Waals surface area contributed by atoms with Crippen LogP contribution < -0.4 is 5.32 Å². The maximum atomic E-state index is 12.2. The largest absolute Gasteiger partial charge is 0.361 e. The average molecular weight is 257 g/mol. The van der Waals surface area contributed by atoms with E-state index in [4.69, 9.17) is 0 Å². The second-order valence-electron chi connectivity index (χ2n) is 5.40. The van der Waals surface area contributed by atoms with E-state index in [1.54, 1.807) is 0 Å². The fourth-order valence-electron chi connectivity index (χ4n) is 2.71. The number of anilines is 1. The number of hydrogen-bond acceptors (Lipinski definition) is 1. The Balaban J connectivity index is 1.71. The van der Waals surface area contributed by atoms with Crippen molar-refractivity contribution >= 4 is 22.6 Å². The highest BCUT2D eigenvalue weighted by Gasteiger charge is 2.20. The zero-order chi connectivity index (χ0) is 13.2. The Hall–Kier alpha value is -1.97. The standard InChI is InChI=1S/C15H19N3O/c1-11-3-2-8-18(10-11)15(19)17-13-4-5-14-12(9-13)6-7-16-14/h4-7,9,11,16H,2-3,8,10H2,1H3,(H,17,19)/t11-/m0/s1. The lowest BCUT2D eigenvalue weighted by Gasteiger charge is -2.30. The molecule has 1 fully saturated rings. The molecule has 2 amide bonds. The lowest BCUT2D eigenvalue weighted by molar-refractivity contribution is 0.182. The number of amides is 2. The van der Waals surface area contributed by atoms with E-state index in [9.17, 15) is 4.79 Å². The van der Waals surface area contributed by atoms with Crippen LogP contribution in [0.3, 0.4) is 0 Å². The molecule has 0 unspecified atom stereocenters. The first kappa shape index (κ1) is 12.1. The van der Waals surface area contributed by atoms with Crippen LogP contribution in [0.25, 0.3) is 10.9 Å². The summed E-state index contributed by atoms with van der Waals surface area (Å²) in [6.45, 7) is 3.92. The molecule has 2 N–H and O–H groups in total. The lowest BCUT2D eigenvalue weighted by atomic mass is 10.0. The fraction of sp³-hybridized carbons (Fsp3) is 0.400. The number of nitrogens with one attached hydrogen (secondary N) is 2. The number of H-pyrrole nitrogens is 1. The summed E-state index contributed by atoms with van der Waals surface area (Å²) in [5.74, 6) is 0.603. The third-order valence-corrected chi connectivity index (χ3v) is 3.75. The highest BCUT2D eigenvalue weighted by Crippen LogP contribution is 2.20. The van der Waals surface area contributed by atoms with E-state index in [0.717, 1.165) is 36.1 Å². The first-order chi connectivity index (χ1) is 9.22. The van der Waals surface area contributed by atoms with Gasteiger partial charge >= 0.3 is 6.03 Å². The Morgan fingerprint density at radius 1 is 1.42 bits per heavy atom. The smallest absolute Gasteiger partial charge is 0.321 e. The SMILES string of the molecule is C[C@H]1CCCN(C(=O)Nc2ccc3[nH]ccc3c2)C1. The topological polar surface area (TPSA) is 48.1 Å². The predicted octanol–water partition coefficient (Wildman–Crippen LogP) is 3.43. The van der Waals surface area contributed by atoms with Crippen molar-refractivity contribution < 1.29 is 4.79 Å². The van der Waals surface area contributed by atoms with Crippen molar-refractivity contribution in [3.63, 3.8) is 0 Å². The Labute approximate surface area is 112 Å². The number of aromatic amines is 1. The zero-order valence-electron chi connectivity index (χ0n) is 11.1. The number of urea groups is 1. The summed E-state index contributed by atoms with van der Waals surface area (Å²) in [6, 6.07) is 7.94. The molecular weight excluding hydrogens is 238 g/mol. The Morgan fingerprint density at radius 2 is 2.32 bits per heavy atom. The highest BCUT2D eigenvalue weighted by atomic mass is 16.2. The van der Waals surface area contributed by atoms with Gasteiger partial charge in [0.15, 0.2) is 0 Å². The van der Waals surface area contributed by atoms with Crippen LogP contribution in [-0.2, 0) is 0 Å². The maximum Gasteiger partial charge on any atom is 0.321 e. The molecule has 0 radical (unpaired) electrons. The normalized spacial score (nSPS) is 19.6. The van der Waals surface area contributed by atoms with Gasteiger partial charge in [-0.05, 0) is 43.0 Å². The second-order valence-corrected chi connectivity index (χ2v) is 5.40. The van der Waals surface area contributed by atoms with E-state index in [-0.39, 0.29) is 6.03 Å². The summed E-state index contributed by atoms with van der Waals surface area (Å²) in [5, 5.41) is 4.10. The third kappa shape index (κ3) is 2.57. The molecule has 1 aliphatic rings. The average Bonchev–Trinajstić information content (AvgIpc) is 2.86. The molecule has 1 saturated heterocycles. The van der Waals surface area contributed by atoms with Gasteiger partial charge in [0.25, 0.3) is 0 Å². The van der Waals surface area contributed by atoms with E-state index in [2.05, 4.69) is 17.2 Å². The molecule has 4 nitrogen and oxygen atoms in total. The van der Waals surface area contributed by atoms with Crippen molar-refractivity contribution in [2.24, 2.45) is 5.92 Å². The van der Waals surface area contributed by atoms with Crippen LogP contribution in [0.15, 0.2) is 30.5 Å². The van der Waals surface area contributed by atoms with Crippen LogP contribution in [0.1, 0.15) is 19.8 Å². The van der Waals surface area contributed by atoms with Gasteiger partial charge in [-0.15, -0.1) is 0 Å². The number of piperidine rings is 1. The summed E-state index contributed by atoms with van der Waals surface area (Å²) < 4.78 is 0. The van der Waals surface area contributed by atoms with Gasteiger partial charge in [-0.25, -0.2) is 4.79 Å². The molecule has 1 aliphatic heterocycles. The van der Waals surface area contributed by atoms with E-state index in [1.165, 1.54) is 6.42 Å². The molecular formula is C15H19N3O. The molecule has 3 rings (SSSR count). The van der Waals surface area contributed by atoms with Crippen LogP contribution in [0, 0.1) is 5.92 Å². The fourth-order valence-corrected chi connectivity index (χ4v) is 2.71. The van der Waals surface area contributed by atoms with Crippen molar-refractivity contribution in [1.82, 2.24) is 9.88 Å². The van der Waals surface area contributed by atoms with Crippen molar-refractivity contribution in [2.75, 3.05) is 18.4 Å². The van der Waals surface area contributed by atoms with Crippen LogP contribution in [-0.4, -0.2) is 29.0 Å². The van der Waals surface area contributed by atoms with Crippen LogP contribution >= 0.6 is 0 Å². The van der Waals surface area contributed by atoms with E-state index >= 15 is 0 Å². The first-order valence-corrected chi connectivity index (χ1v) is 6.85. The van der Waals surface area contributed by atoms with Gasteiger partial charge in [0, 0.05) is 35.9 Å². The molecule has 0 aliphatic carbocycles. The Bertz CT molecular complexity index is 590. The number of benzene rings is 1. The highest BCUT2D eigenvalue weighted by molar-refractivity contribution is 5.92. The Kier molecular flexibility index (Phi) is 3.15. The van der Waals surface area contributed by atoms with Gasteiger partial charge in [0.1, 0.15) is 0 Å². The van der Waals surface area contributed by atoms with Gasteiger partial charge in [0.2, 0.25) is 0 Å². The van der Waals surface area contributed by atoms with Gasteiger partial charge in [-0.2, -0.15) is 0 Å². The Morgan fingerprint density at radius 3 is 3.16 bits per heavy atom. The molecule has 100 valence electrons. The lowest BCUT2D eigenvalue weighted by Crippen LogP contribution is -2.41. The second kappa shape index (κ2) is 4.96. The minimum absolute atomic E-state index is 0.0152. The number of carbonyl (C=O) groups excluding carboxylic acids is 1. The van der Waals surface area contributed by atoms with Crippen LogP contribution in [0.4, 0.5) is 10.5 Å². The number of nitrogens with zero attached hydrogens (tertiary/aromatic N) is 1. The summed E-state index contributed by atoms with van der Waals surface area (Å²) in [7, 11) is 0. The predicted molar refractivity (Wildman–Crippen MR) is 77.3 cm³/mol. The summed E-state index contributed by atoms with van der Waals surface area (Å²) >= 11 is 0. The van der Waals surface area contributed by atoms with Crippen molar-refractivity contribution in [1.29, 1.82) is 0 Å². The molecule has 1 atom stereocenters. The van der Waals surface area contributed by atoms with Gasteiger partial charge in [-0.3, -0.25) is 0 Å². The number of likely N-dealkylation sites (tertiary alicyclic amines) is 1. The van der Waals surface area contributed by atoms with Gasteiger partial charge in [-0.1, -0.05) is 6.92 Å². The minimum Gasteiger partial charge on any atom is -0.361 e. The quantitative estimate of drug-likeness (QED) is 0.807. The van der Waals surface area contributed by atoms with Gasteiger partial charge in [0.05, 0.1) is 0 Å². The van der Waals surface area contributed by atoms with Crippen molar-refractivity contribution in [2.45, 2.75) is 19.8 Å². The molecule has 19 heavy (non-hydrogen) atoms.